The van der Waals surface area contributed by atoms with E-state index in [9.17, 15) is 4.79 Å². The van der Waals surface area contributed by atoms with Crippen LogP contribution in [0.2, 0.25) is 0 Å². The van der Waals surface area contributed by atoms with Gasteiger partial charge >= 0.3 is 0 Å². The highest BCUT2D eigenvalue weighted by molar-refractivity contribution is 5.98. The van der Waals surface area contributed by atoms with Crippen molar-refractivity contribution in [1.29, 1.82) is 0 Å². The molecule has 1 aromatic heterocycles. The number of hydrogen-bond acceptors (Lipinski definition) is 2. The fourth-order valence-corrected chi connectivity index (χ4v) is 1.37. The average molecular weight is 175 g/mol. The minimum absolute atomic E-state index is 0.402. The Morgan fingerprint density at radius 3 is 3.00 bits per heavy atom. The molecule has 1 aromatic carbocycles. The van der Waals surface area contributed by atoms with Crippen LogP contribution in [-0.4, -0.2) is 16.1 Å². The molecule has 0 atom stereocenters. The van der Waals surface area contributed by atoms with Gasteiger partial charge in [0, 0.05) is 10.9 Å². The maximum absolute atomic E-state index is 11.0. The monoisotopic (exact) mass is 175 g/mol. The molecule has 0 radical (unpaired) electrons. The van der Waals surface area contributed by atoms with Crippen molar-refractivity contribution in [3.05, 3.63) is 29.5 Å². The number of nitrogens with two attached hydrogens (primary N) is 1. The summed E-state index contributed by atoms with van der Waals surface area (Å²) in [5.74, 6) is -0.402. The number of aromatic amines is 1. The smallest absolute Gasteiger partial charge is 0.248 e. The number of aryl methyl sites for hydroxylation is 1. The molecule has 0 aliphatic heterocycles. The van der Waals surface area contributed by atoms with Gasteiger partial charge in [0.2, 0.25) is 5.91 Å². The normalized spacial score (nSPS) is 10.5. The minimum Gasteiger partial charge on any atom is -0.366 e. The second-order valence-corrected chi connectivity index (χ2v) is 2.99. The van der Waals surface area contributed by atoms with Crippen molar-refractivity contribution in [2.24, 2.45) is 5.73 Å². The summed E-state index contributed by atoms with van der Waals surface area (Å²) < 4.78 is 0. The van der Waals surface area contributed by atoms with E-state index >= 15 is 0 Å². The quantitative estimate of drug-likeness (QED) is 0.677. The van der Waals surface area contributed by atoms with Gasteiger partial charge in [-0.25, -0.2) is 0 Å². The van der Waals surface area contributed by atoms with E-state index in [0.717, 1.165) is 16.5 Å². The Labute approximate surface area is 74.7 Å². The molecule has 2 aromatic rings. The number of primary amides is 1. The van der Waals surface area contributed by atoms with Crippen LogP contribution in [0.25, 0.3) is 10.9 Å². The molecule has 3 N–H and O–H groups in total. The number of hydrogen-bond donors (Lipinski definition) is 2. The molecule has 4 nitrogen and oxygen atoms in total. The molecular formula is C9H9N3O. The molecule has 0 unspecified atom stereocenters. The second-order valence-electron chi connectivity index (χ2n) is 2.99. The molecule has 0 bridgehead atoms. The van der Waals surface area contributed by atoms with Crippen molar-refractivity contribution in [1.82, 2.24) is 10.2 Å². The third-order valence-electron chi connectivity index (χ3n) is 2.05. The van der Waals surface area contributed by atoms with Crippen LogP contribution in [0.1, 0.15) is 15.9 Å². The van der Waals surface area contributed by atoms with Gasteiger partial charge in [-0.15, -0.1) is 0 Å². The number of benzene rings is 1. The molecular weight excluding hydrogens is 166 g/mol. The van der Waals surface area contributed by atoms with Crippen LogP contribution in [0.5, 0.6) is 0 Å². The lowest BCUT2D eigenvalue weighted by molar-refractivity contribution is 0.1000. The summed E-state index contributed by atoms with van der Waals surface area (Å²) in [4.78, 5) is 11.0. The summed E-state index contributed by atoms with van der Waals surface area (Å²) in [7, 11) is 0. The number of aromatic nitrogens is 2. The van der Waals surface area contributed by atoms with E-state index < -0.39 is 5.91 Å². The lowest BCUT2D eigenvalue weighted by atomic mass is 10.1. The molecule has 13 heavy (non-hydrogen) atoms. The first-order valence-electron chi connectivity index (χ1n) is 3.92. The van der Waals surface area contributed by atoms with Crippen LogP contribution in [0.15, 0.2) is 18.3 Å². The molecule has 2 rings (SSSR count). The van der Waals surface area contributed by atoms with Crippen LogP contribution < -0.4 is 5.73 Å². The zero-order valence-electron chi connectivity index (χ0n) is 7.16. The van der Waals surface area contributed by atoms with Crippen molar-refractivity contribution in [2.45, 2.75) is 6.92 Å². The number of nitrogens with zero attached hydrogens (tertiary/aromatic N) is 1. The molecule has 0 saturated heterocycles. The molecule has 0 aliphatic rings. The maximum atomic E-state index is 11.0. The first-order valence-corrected chi connectivity index (χ1v) is 3.92. The molecule has 0 aliphatic carbocycles. The number of H-pyrrole nitrogens is 1. The topological polar surface area (TPSA) is 71.8 Å². The van der Waals surface area contributed by atoms with Crippen LogP contribution in [0.4, 0.5) is 0 Å². The minimum atomic E-state index is -0.402. The van der Waals surface area contributed by atoms with Crippen LogP contribution in [0, 0.1) is 6.92 Å². The largest absolute Gasteiger partial charge is 0.366 e. The first kappa shape index (κ1) is 7.79. The maximum Gasteiger partial charge on any atom is 0.248 e. The number of amides is 1. The zero-order valence-corrected chi connectivity index (χ0v) is 7.16. The number of carbonyl (C=O) groups excluding carboxylic acids is 1. The van der Waals surface area contributed by atoms with E-state index in [2.05, 4.69) is 10.2 Å². The van der Waals surface area contributed by atoms with Gasteiger partial charge in [0.15, 0.2) is 0 Å². The fraction of sp³-hybridized carbons (Fsp3) is 0.111. The average Bonchev–Trinajstić information content (AvgIpc) is 2.48. The summed E-state index contributed by atoms with van der Waals surface area (Å²) in [6.07, 6.45) is 1.67. The Hall–Kier alpha value is -1.84. The third kappa shape index (κ3) is 1.16. The summed E-state index contributed by atoms with van der Waals surface area (Å²) in [6, 6.07) is 3.61. The van der Waals surface area contributed by atoms with Crippen molar-refractivity contribution >= 4 is 16.8 Å². The molecule has 0 spiro atoms. The Balaban J connectivity index is 2.76. The number of nitrogens with one attached hydrogen (secondary N) is 1. The lowest BCUT2D eigenvalue weighted by Crippen LogP contribution is -2.12. The van der Waals surface area contributed by atoms with Gasteiger partial charge in [0.05, 0.1) is 11.7 Å². The zero-order chi connectivity index (χ0) is 9.42. The summed E-state index contributed by atoms with van der Waals surface area (Å²) in [5.41, 5.74) is 7.54. The van der Waals surface area contributed by atoms with E-state index in [1.54, 1.807) is 12.3 Å². The highest BCUT2D eigenvalue weighted by atomic mass is 16.1. The van der Waals surface area contributed by atoms with Crippen molar-refractivity contribution in [3.63, 3.8) is 0 Å². The Bertz CT molecular complexity index is 473. The molecule has 0 fully saturated rings. The molecule has 4 heteroatoms. The fourth-order valence-electron chi connectivity index (χ4n) is 1.37. The lowest BCUT2D eigenvalue weighted by Gasteiger charge is -2.00. The van der Waals surface area contributed by atoms with E-state index in [1.165, 1.54) is 0 Å². The molecule has 1 amide bonds. The van der Waals surface area contributed by atoms with Crippen molar-refractivity contribution < 1.29 is 4.79 Å². The SMILES string of the molecule is Cc1cc2[nH]ncc2cc1C(N)=O. The number of rotatable bonds is 1. The molecule has 0 saturated carbocycles. The number of carbonyl (C=O) groups is 1. The van der Waals surface area contributed by atoms with E-state index in [-0.39, 0.29) is 0 Å². The number of fused-ring (bicyclic) bond motifs is 1. The van der Waals surface area contributed by atoms with Crippen LogP contribution in [-0.2, 0) is 0 Å². The van der Waals surface area contributed by atoms with Gasteiger partial charge in [-0.3, -0.25) is 9.89 Å². The van der Waals surface area contributed by atoms with Crippen LogP contribution in [0.3, 0.4) is 0 Å². The van der Waals surface area contributed by atoms with Gasteiger partial charge in [-0.2, -0.15) is 5.10 Å². The second kappa shape index (κ2) is 2.58. The first-order chi connectivity index (χ1) is 6.18. The third-order valence-corrected chi connectivity index (χ3v) is 2.05. The predicted molar refractivity (Wildman–Crippen MR) is 49.3 cm³/mol. The summed E-state index contributed by atoms with van der Waals surface area (Å²) >= 11 is 0. The van der Waals surface area contributed by atoms with E-state index in [0.29, 0.717) is 5.56 Å². The molecule has 1 heterocycles. The molecule has 66 valence electrons. The Kier molecular flexibility index (Phi) is 1.55. The summed E-state index contributed by atoms with van der Waals surface area (Å²) in [5, 5.41) is 7.59. The van der Waals surface area contributed by atoms with Crippen molar-refractivity contribution in [2.75, 3.05) is 0 Å². The van der Waals surface area contributed by atoms with Crippen molar-refractivity contribution in [3.8, 4) is 0 Å². The predicted octanol–water partition coefficient (Wildman–Crippen LogP) is 0.970. The van der Waals surface area contributed by atoms with Gasteiger partial charge in [-0.1, -0.05) is 0 Å². The van der Waals surface area contributed by atoms with Gasteiger partial charge in [0.1, 0.15) is 0 Å². The van der Waals surface area contributed by atoms with Gasteiger partial charge in [0.25, 0.3) is 0 Å². The highest BCUT2D eigenvalue weighted by Gasteiger charge is 2.06. The van der Waals surface area contributed by atoms with E-state index in [1.807, 2.05) is 13.0 Å². The Morgan fingerprint density at radius 1 is 1.54 bits per heavy atom. The standard InChI is InChI=1S/C9H9N3O/c1-5-2-8-6(4-11-12-8)3-7(5)9(10)13/h2-4H,1H3,(H2,10,13)(H,11,12). The van der Waals surface area contributed by atoms with Gasteiger partial charge < -0.3 is 5.73 Å². The van der Waals surface area contributed by atoms with Crippen LogP contribution >= 0.6 is 0 Å². The van der Waals surface area contributed by atoms with Gasteiger partial charge in [-0.05, 0) is 24.6 Å². The highest BCUT2D eigenvalue weighted by Crippen LogP contribution is 2.16. The summed E-state index contributed by atoms with van der Waals surface area (Å²) in [6.45, 7) is 1.85. The Morgan fingerprint density at radius 2 is 2.31 bits per heavy atom. The van der Waals surface area contributed by atoms with E-state index in [4.69, 9.17) is 5.73 Å².